The quantitative estimate of drug-likeness (QED) is 0.592. The molecular weight excluding hydrogens is 200 g/mol. The average Bonchev–Trinajstić information content (AvgIpc) is 2.20. The van der Waals surface area contributed by atoms with Gasteiger partial charge in [-0.05, 0) is 18.1 Å². The molecule has 82 valence electrons. The summed E-state index contributed by atoms with van der Waals surface area (Å²) in [6, 6.07) is 3.04. The Morgan fingerprint density at radius 1 is 1.47 bits per heavy atom. The SMILES string of the molecule is CCc1ccc(OC(=O)O)c(O)c1OC. The van der Waals surface area contributed by atoms with E-state index in [9.17, 15) is 9.90 Å². The Labute approximate surface area is 86.9 Å². The van der Waals surface area contributed by atoms with Gasteiger partial charge in [0.05, 0.1) is 7.11 Å². The Bertz CT molecular complexity index is 372. The number of benzene rings is 1. The second-order valence-corrected chi connectivity index (χ2v) is 2.83. The van der Waals surface area contributed by atoms with Crippen molar-refractivity contribution in [2.45, 2.75) is 13.3 Å². The van der Waals surface area contributed by atoms with Crippen LogP contribution in [0.15, 0.2) is 12.1 Å². The van der Waals surface area contributed by atoms with Crippen molar-refractivity contribution in [3.05, 3.63) is 17.7 Å². The predicted octanol–water partition coefficient (Wildman–Crippen LogP) is 2.02. The highest BCUT2D eigenvalue weighted by Gasteiger charge is 2.15. The van der Waals surface area contributed by atoms with Crippen molar-refractivity contribution in [3.8, 4) is 17.2 Å². The summed E-state index contributed by atoms with van der Waals surface area (Å²) in [4.78, 5) is 10.3. The minimum absolute atomic E-state index is 0.128. The summed E-state index contributed by atoms with van der Waals surface area (Å²) in [6.45, 7) is 1.90. The highest BCUT2D eigenvalue weighted by molar-refractivity contribution is 5.65. The fourth-order valence-corrected chi connectivity index (χ4v) is 1.28. The first-order chi connectivity index (χ1) is 7.10. The van der Waals surface area contributed by atoms with Crippen molar-refractivity contribution in [2.24, 2.45) is 0 Å². The molecule has 0 radical (unpaired) electrons. The number of aryl methyl sites for hydroxylation is 1. The van der Waals surface area contributed by atoms with Crippen molar-refractivity contribution >= 4 is 6.16 Å². The van der Waals surface area contributed by atoms with Crippen molar-refractivity contribution < 1.29 is 24.5 Å². The number of ether oxygens (including phenoxy) is 2. The molecule has 1 aromatic rings. The number of rotatable bonds is 3. The maximum Gasteiger partial charge on any atom is 0.511 e. The molecule has 0 spiro atoms. The number of carboxylic acid groups (broad SMARTS) is 1. The number of aromatic hydroxyl groups is 1. The highest BCUT2D eigenvalue weighted by atomic mass is 16.7. The molecule has 2 N–H and O–H groups in total. The van der Waals surface area contributed by atoms with Gasteiger partial charge in [-0.3, -0.25) is 0 Å². The number of phenolic OH excluding ortho intramolecular Hbond substituents is 1. The summed E-state index contributed by atoms with van der Waals surface area (Å²) in [5.41, 5.74) is 0.785. The van der Waals surface area contributed by atoms with Crippen LogP contribution < -0.4 is 9.47 Å². The van der Waals surface area contributed by atoms with Crippen molar-refractivity contribution in [3.63, 3.8) is 0 Å². The van der Waals surface area contributed by atoms with Crippen LogP contribution in [0.4, 0.5) is 4.79 Å². The predicted molar refractivity (Wildman–Crippen MR) is 52.7 cm³/mol. The van der Waals surface area contributed by atoms with E-state index in [1.807, 2.05) is 6.92 Å². The molecule has 0 saturated heterocycles. The van der Waals surface area contributed by atoms with E-state index in [1.165, 1.54) is 13.2 Å². The molecule has 0 atom stereocenters. The third-order valence-electron chi connectivity index (χ3n) is 1.96. The largest absolute Gasteiger partial charge is 0.511 e. The molecule has 0 bridgehead atoms. The maximum atomic E-state index is 10.3. The lowest BCUT2D eigenvalue weighted by atomic mass is 10.1. The van der Waals surface area contributed by atoms with E-state index < -0.39 is 6.16 Å². The third-order valence-corrected chi connectivity index (χ3v) is 1.96. The monoisotopic (exact) mass is 212 g/mol. The van der Waals surface area contributed by atoms with Crippen LogP contribution in [0.2, 0.25) is 0 Å². The zero-order valence-corrected chi connectivity index (χ0v) is 8.48. The Morgan fingerprint density at radius 3 is 2.60 bits per heavy atom. The van der Waals surface area contributed by atoms with Gasteiger partial charge in [0.2, 0.25) is 5.75 Å². The molecule has 0 amide bonds. The molecule has 1 aromatic carbocycles. The van der Waals surface area contributed by atoms with Gasteiger partial charge in [-0.25, -0.2) is 4.79 Å². The number of carbonyl (C=O) groups is 1. The average molecular weight is 212 g/mol. The van der Waals surface area contributed by atoms with Gasteiger partial charge in [-0.1, -0.05) is 13.0 Å². The number of hydrogen-bond donors (Lipinski definition) is 2. The van der Waals surface area contributed by atoms with Crippen LogP contribution in [-0.4, -0.2) is 23.5 Å². The van der Waals surface area contributed by atoms with Gasteiger partial charge in [0.1, 0.15) is 0 Å². The molecule has 0 unspecified atom stereocenters. The van der Waals surface area contributed by atoms with E-state index in [0.717, 1.165) is 5.56 Å². The first-order valence-electron chi connectivity index (χ1n) is 4.39. The van der Waals surface area contributed by atoms with Gasteiger partial charge < -0.3 is 19.7 Å². The number of phenols is 1. The van der Waals surface area contributed by atoms with Crippen molar-refractivity contribution in [1.29, 1.82) is 0 Å². The smallest absolute Gasteiger partial charge is 0.502 e. The van der Waals surface area contributed by atoms with E-state index in [0.29, 0.717) is 6.42 Å². The van der Waals surface area contributed by atoms with Gasteiger partial charge in [-0.2, -0.15) is 0 Å². The first kappa shape index (κ1) is 11.2. The molecule has 5 heteroatoms. The molecule has 0 aliphatic heterocycles. The minimum Gasteiger partial charge on any atom is -0.502 e. The molecule has 5 nitrogen and oxygen atoms in total. The summed E-state index contributed by atoms with van der Waals surface area (Å²) in [6.07, 6.45) is -0.805. The molecule has 0 heterocycles. The lowest BCUT2D eigenvalue weighted by Gasteiger charge is -2.11. The molecule has 15 heavy (non-hydrogen) atoms. The Kier molecular flexibility index (Phi) is 3.38. The van der Waals surface area contributed by atoms with Crippen LogP contribution in [0.1, 0.15) is 12.5 Å². The Hall–Kier alpha value is -1.91. The topological polar surface area (TPSA) is 76.0 Å². The van der Waals surface area contributed by atoms with Crippen molar-refractivity contribution in [2.75, 3.05) is 7.11 Å². The van der Waals surface area contributed by atoms with Gasteiger partial charge in [0.25, 0.3) is 0 Å². The normalized spacial score (nSPS) is 9.73. The molecule has 0 aliphatic carbocycles. The van der Waals surface area contributed by atoms with Crippen LogP contribution in [0.3, 0.4) is 0 Å². The number of methoxy groups -OCH3 is 1. The summed E-state index contributed by atoms with van der Waals surface area (Å²) in [7, 11) is 1.40. The minimum atomic E-state index is -1.48. The number of hydrogen-bond acceptors (Lipinski definition) is 4. The van der Waals surface area contributed by atoms with Crippen LogP contribution in [0, 0.1) is 0 Å². The maximum absolute atomic E-state index is 10.3. The molecule has 0 fully saturated rings. The molecule has 0 aliphatic rings. The van der Waals surface area contributed by atoms with Crippen LogP contribution in [0.25, 0.3) is 0 Å². The third kappa shape index (κ3) is 2.31. The second-order valence-electron chi connectivity index (χ2n) is 2.83. The van der Waals surface area contributed by atoms with Gasteiger partial charge in [0, 0.05) is 0 Å². The summed E-state index contributed by atoms with van der Waals surface area (Å²) < 4.78 is 9.34. The summed E-state index contributed by atoms with van der Waals surface area (Å²) in [5, 5.41) is 18.0. The highest BCUT2D eigenvalue weighted by Crippen LogP contribution is 2.39. The van der Waals surface area contributed by atoms with E-state index >= 15 is 0 Å². The standard InChI is InChI=1S/C10H12O5/c1-3-6-4-5-7(15-10(12)13)8(11)9(6)14-2/h4-5,11H,3H2,1-2H3,(H,12,13). The van der Waals surface area contributed by atoms with Crippen LogP contribution >= 0.6 is 0 Å². The van der Waals surface area contributed by atoms with Gasteiger partial charge >= 0.3 is 6.16 Å². The lowest BCUT2D eigenvalue weighted by Crippen LogP contribution is -2.04. The summed E-state index contributed by atoms with van der Waals surface area (Å²) >= 11 is 0. The fourth-order valence-electron chi connectivity index (χ4n) is 1.28. The second kappa shape index (κ2) is 4.54. The molecule has 0 saturated carbocycles. The zero-order chi connectivity index (χ0) is 11.4. The summed E-state index contributed by atoms with van der Waals surface area (Å²) in [5.74, 6) is -0.174. The Morgan fingerprint density at radius 2 is 2.13 bits per heavy atom. The van der Waals surface area contributed by atoms with E-state index in [1.54, 1.807) is 6.07 Å². The Balaban J connectivity index is 3.16. The van der Waals surface area contributed by atoms with Gasteiger partial charge in [-0.15, -0.1) is 0 Å². The lowest BCUT2D eigenvalue weighted by molar-refractivity contribution is 0.142. The van der Waals surface area contributed by atoms with E-state index in [2.05, 4.69) is 4.74 Å². The molecular formula is C10H12O5. The van der Waals surface area contributed by atoms with Crippen LogP contribution in [-0.2, 0) is 6.42 Å². The first-order valence-corrected chi connectivity index (χ1v) is 4.39. The molecule has 1 rings (SSSR count). The van der Waals surface area contributed by atoms with Crippen molar-refractivity contribution in [1.82, 2.24) is 0 Å². The van der Waals surface area contributed by atoms with E-state index in [4.69, 9.17) is 9.84 Å². The zero-order valence-electron chi connectivity index (χ0n) is 8.48. The van der Waals surface area contributed by atoms with Crippen LogP contribution in [0.5, 0.6) is 17.2 Å². The molecule has 0 aromatic heterocycles. The fraction of sp³-hybridized carbons (Fsp3) is 0.300. The van der Waals surface area contributed by atoms with Gasteiger partial charge in [0.15, 0.2) is 11.5 Å². The van der Waals surface area contributed by atoms with E-state index in [-0.39, 0.29) is 17.2 Å².